The Morgan fingerprint density at radius 2 is 1.87 bits per heavy atom. The minimum absolute atomic E-state index is 0.182. The van der Waals surface area contributed by atoms with Crippen LogP contribution in [-0.4, -0.2) is 42.1 Å². The maximum Gasteiger partial charge on any atom is 0.263 e. The first-order valence-corrected chi connectivity index (χ1v) is 7.74. The van der Waals surface area contributed by atoms with Crippen molar-refractivity contribution in [3.05, 3.63) is 70.1 Å². The average molecular weight is 313 g/mol. The summed E-state index contributed by atoms with van der Waals surface area (Å²) in [6.45, 7) is 2.18. The largest absolute Gasteiger partial charge is 0.351 e. The normalized spacial score (nSPS) is 10.7. The highest BCUT2D eigenvalue weighted by atomic mass is 16.2. The van der Waals surface area contributed by atoms with Gasteiger partial charge in [-0.05, 0) is 31.2 Å². The molecule has 0 spiro atoms. The van der Waals surface area contributed by atoms with E-state index in [9.17, 15) is 9.59 Å². The van der Waals surface area contributed by atoms with Gasteiger partial charge in [0.1, 0.15) is 5.56 Å². The Balaban J connectivity index is 1.75. The molecule has 5 heteroatoms. The number of pyridine rings is 1. The third-order valence-electron chi connectivity index (χ3n) is 3.77. The van der Waals surface area contributed by atoms with Crippen LogP contribution >= 0.6 is 0 Å². The number of rotatable bonds is 7. The zero-order valence-electron chi connectivity index (χ0n) is 13.7. The highest BCUT2D eigenvalue weighted by Gasteiger charge is 2.10. The Morgan fingerprint density at radius 3 is 2.61 bits per heavy atom. The van der Waals surface area contributed by atoms with Gasteiger partial charge in [-0.3, -0.25) is 9.59 Å². The number of amides is 1. The molecule has 122 valence electrons. The van der Waals surface area contributed by atoms with E-state index in [-0.39, 0.29) is 17.0 Å². The lowest BCUT2D eigenvalue weighted by molar-refractivity contribution is 0.0948. The lowest BCUT2D eigenvalue weighted by Gasteiger charge is -2.16. The lowest BCUT2D eigenvalue weighted by Crippen LogP contribution is -2.36. The Labute approximate surface area is 136 Å². The summed E-state index contributed by atoms with van der Waals surface area (Å²) < 4.78 is 1.40. The molecule has 2 aromatic rings. The van der Waals surface area contributed by atoms with E-state index in [1.807, 2.05) is 25.2 Å². The molecule has 0 fully saturated rings. The number of benzene rings is 1. The molecule has 1 heterocycles. The summed E-state index contributed by atoms with van der Waals surface area (Å²) in [4.78, 5) is 26.1. The van der Waals surface area contributed by atoms with Crippen molar-refractivity contribution >= 4 is 5.91 Å². The molecule has 0 bridgehead atoms. The van der Waals surface area contributed by atoms with Crippen LogP contribution in [0, 0.1) is 0 Å². The van der Waals surface area contributed by atoms with Gasteiger partial charge in [-0.25, -0.2) is 0 Å². The lowest BCUT2D eigenvalue weighted by atomic mass is 10.1. The molecule has 0 atom stereocenters. The van der Waals surface area contributed by atoms with Gasteiger partial charge in [0.2, 0.25) is 0 Å². The molecular formula is C18H23N3O2. The molecule has 0 radical (unpaired) electrons. The molecule has 1 aromatic heterocycles. The first-order valence-electron chi connectivity index (χ1n) is 7.74. The van der Waals surface area contributed by atoms with Crippen LogP contribution in [0.1, 0.15) is 15.9 Å². The van der Waals surface area contributed by atoms with E-state index in [4.69, 9.17) is 0 Å². The topological polar surface area (TPSA) is 54.3 Å². The van der Waals surface area contributed by atoms with Crippen molar-refractivity contribution in [2.75, 3.05) is 26.7 Å². The van der Waals surface area contributed by atoms with Crippen LogP contribution in [0.5, 0.6) is 0 Å². The number of likely N-dealkylation sites (N-methyl/N-ethyl adjacent to an activating group) is 1. The number of nitrogens with one attached hydrogen (secondary N) is 1. The first kappa shape index (κ1) is 17.0. The van der Waals surface area contributed by atoms with Gasteiger partial charge in [0.05, 0.1) is 0 Å². The van der Waals surface area contributed by atoms with Crippen molar-refractivity contribution in [2.24, 2.45) is 7.05 Å². The van der Waals surface area contributed by atoms with E-state index >= 15 is 0 Å². The minimum atomic E-state index is -0.317. The van der Waals surface area contributed by atoms with Gasteiger partial charge < -0.3 is 14.8 Å². The number of hydrogen-bond donors (Lipinski definition) is 1. The second-order valence-corrected chi connectivity index (χ2v) is 5.63. The summed E-state index contributed by atoms with van der Waals surface area (Å²) in [6, 6.07) is 13.6. The molecule has 1 N–H and O–H groups in total. The van der Waals surface area contributed by atoms with Crippen molar-refractivity contribution in [3.8, 4) is 0 Å². The summed E-state index contributed by atoms with van der Waals surface area (Å²) >= 11 is 0. The Kier molecular flexibility index (Phi) is 6.11. The van der Waals surface area contributed by atoms with Crippen LogP contribution in [0.4, 0.5) is 0 Å². The Morgan fingerprint density at radius 1 is 1.13 bits per heavy atom. The van der Waals surface area contributed by atoms with E-state index in [2.05, 4.69) is 22.3 Å². The number of aryl methyl sites for hydroxylation is 1. The zero-order valence-corrected chi connectivity index (χ0v) is 13.7. The number of aromatic nitrogens is 1. The van der Waals surface area contributed by atoms with E-state index in [0.29, 0.717) is 6.54 Å². The summed E-state index contributed by atoms with van der Waals surface area (Å²) in [5.41, 5.74) is 1.21. The quantitative estimate of drug-likeness (QED) is 0.838. The first-order chi connectivity index (χ1) is 11.1. The molecule has 0 aliphatic rings. The highest BCUT2D eigenvalue weighted by Crippen LogP contribution is 2.00. The highest BCUT2D eigenvalue weighted by molar-refractivity contribution is 5.93. The maximum absolute atomic E-state index is 12.0. The van der Waals surface area contributed by atoms with Crippen LogP contribution in [-0.2, 0) is 13.5 Å². The van der Waals surface area contributed by atoms with Crippen LogP contribution < -0.4 is 10.9 Å². The Bertz CT molecular complexity index is 695. The predicted octanol–water partition coefficient (Wildman–Crippen LogP) is 1.29. The minimum Gasteiger partial charge on any atom is -0.351 e. The molecule has 0 aliphatic heterocycles. The van der Waals surface area contributed by atoms with E-state index < -0.39 is 0 Å². The van der Waals surface area contributed by atoms with Crippen LogP contribution in [0.3, 0.4) is 0 Å². The van der Waals surface area contributed by atoms with E-state index in [1.54, 1.807) is 25.4 Å². The molecule has 1 aromatic carbocycles. The molecule has 0 aliphatic carbocycles. The summed E-state index contributed by atoms with van der Waals surface area (Å²) in [6.07, 6.45) is 2.61. The SMILES string of the molecule is CN(CCNC(=O)c1cccn(C)c1=O)CCc1ccccc1. The molecule has 0 saturated carbocycles. The number of carbonyl (C=O) groups excluding carboxylic acids is 1. The van der Waals surface area contributed by atoms with Crippen LogP contribution in [0.25, 0.3) is 0 Å². The fourth-order valence-corrected chi connectivity index (χ4v) is 2.30. The van der Waals surface area contributed by atoms with Crippen molar-refractivity contribution in [3.63, 3.8) is 0 Å². The van der Waals surface area contributed by atoms with Crippen molar-refractivity contribution in [2.45, 2.75) is 6.42 Å². The molecular weight excluding hydrogens is 290 g/mol. The van der Waals surface area contributed by atoms with Gasteiger partial charge in [0, 0.05) is 32.9 Å². The summed E-state index contributed by atoms with van der Waals surface area (Å²) in [5, 5.41) is 2.80. The van der Waals surface area contributed by atoms with Gasteiger partial charge in [0.15, 0.2) is 0 Å². The standard InChI is InChI=1S/C18H23N3O2/c1-20(13-10-15-7-4-3-5-8-15)14-11-19-17(22)16-9-6-12-21(2)18(16)23/h3-9,12H,10-11,13-14H2,1-2H3,(H,19,22). The second-order valence-electron chi connectivity index (χ2n) is 5.63. The predicted molar refractivity (Wildman–Crippen MR) is 91.7 cm³/mol. The summed E-state index contributed by atoms with van der Waals surface area (Å²) in [5.74, 6) is -0.317. The van der Waals surface area contributed by atoms with Crippen molar-refractivity contribution in [1.82, 2.24) is 14.8 Å². The summed E-state index contributed by atoms with van der Waals surface area (Å²) in [7, 11) is 3.66. The molecule has 2 rings (SSSR count). The van der Waals surface area contributed by atoms with Gasteiger partial charge in [0.25, 0.3) is 11.5 Å². The number of carbonyl (C=O) groups is 1. The van der Waals surface area contributed by atoms with Gasteiger partial charge in [-0.2, -0.15) is 0 Å². The van der Waals surface area contributed by atoms with Crippen molar-refractivity contribution in [1.29, 1.82) is 0 Å². The molecule has 5 nitrogen and oxygen atoms in total. The van der Waals surface area contributed by atoms with E-state index in [0.717, 1.165) is 19.5 Å². The average Bonchev–Trinajstić information content (AvgIpc) is 2.56. The van der Waals surface area contributed by atoms with Gasteiger partial charge in [-0.15, -0.1) is 0 Å². The third kappa shape index (κ3) is 5.07. The van der Waals surface area contributed by atoms with Crippen molar-refractivity contribution < 1.29 is 4.79 Å². The Hall–Kier alpha value is -2.40. The van der Waals surface area contributed by atoms with Crippen LogP contribution in [0.2, 0.25) is 0 Å². The second kappa shape index (κ2) is 8.29. The van der Waals surface area contributed by atoms with Gasteiger partial charge >= 0.3 is 0 Å². The molecule has 23 heavy (non-hydrogen) atoms. The fraction of sp³-hybridized carbons (Fsp3) is 0.333. The number of hydrogen-bond acceptors (Lipinski definition) is 3. The molecule has 0 saturated heterocycles. The molecule has 0 unspecified atom stereocenters. The van der Waals surface area contributed by atoms with Crippen LogP contribution in [0.15, 0.2) is 53.5 Å². The monoisotopic (exact) mass is 313 g/mol. The zero-order chi connectivity index (χ0) is 16.7. The molecule has 1 amide bonds. The van der Waals surface area contributed by atoms with E-state index in [1.165, 1.54) is 10.1 Å². The smallest absolute Gasteiger partial charge is 0.263 e. The fourth-order valence-electron chi connectivity index (χ4n) is 2.30. The van der Waals surface area contributed by atoms with Gasteiger partial charge in [-0.1, -0.05) is 30.3 Å². The number of nitrogens with zero attached hydrogens (tertiary/aromatic N) is 2. The maximum atomic E-state index is 12.0. The third-order valence-corrected chi connectivity index (χ3v) is 3.77.